The summed E-state index contributed by atoms with van der Waals surface area (Å²) in [5.74, 6) is 0.893. The molecule has 0 amide bonds. The molecule has 112 valence electrons. The smallest absolute Gasteiger partial charge is 0.311 e. The minimum Gasteiger partial charge on any atom is -0.484 e. The molecule has 1 rings (SSSR count). The predicted molar refractivity (Wildman–Crippen MR) is 80.9 cm³/mol. The lowest BCUT2D eigenvalue weighted by Gasteiger charge is -2.12. The Balaban J connectivity index is 2.73. The Morgan fingerprint density at radius 3 is 2.70 bits per heavy atom. The van der Waals surface area contributed by atoms with Crippen molar-refractivity contribution in [3.05, 3.63) is 28.3 Å². The van der Waals surface area contributed by atoms with Crippen molar-refractivity contribution in [1.82, 2.24) is 0 Å². The summed E-state index contributed by atoms with van der Waals surface area (Å²) in [6.07, 6.45) is 2.31. The lowest BCUT2D eigenvalue weighted by atomic mass is 10.2. The zero-order valence-electron chi connectivity index (χ0n) is 11.9. The number of rotatable bonds is 8. The van der Waals surface area contributed by atoms with E-state index in [1.165, 1.54) is 6.07 Å². The van der Waals surface area contributed by atoms with Crippen LogP contribution in [0.5, 0.6) is 5.75 Å². The SMILES string of the molecule is CC(C)Oc1cc(NCCCS(C)=O)ccc1[N+](=O)[O-]. The molecule has 0 aliphatic carbocycles. The summed E-state index contributed by atoms with van der Waals surface area (Å²) in [6.45, 7) is 4.30. The maximum atomic E-state index is 10.9. The van der Waals surface area contributed by atoms with E-state index in [2.05, 4.69) is 5.32 Å². The summed E-state index contributed by atoms with van der Waals surface area (Å²) in [6, 6.07) is 4.70. The van der Waals surface area contributed by atoms with E-state index in [9.17, 15) is 14.3 Å². The van der Waals surface area contributed by atoms with E-state index in [0.717, 1.165) is 12.1 Å². The molecule has 7 heteroatoms. The van der Waals surface area contributed by atoms with Crippen LogP contribution >= 0.6 is 0 Å². The maximum absolute atomic E-state index is 10.9. The van der Waals surface area contributed by atoms with Crippen molar-refractivity contribution in [2.24, 2.45) is 0 Å². The first kappa shape index (κ1) is 16.4. The Kier molecular flexibility index (Phi) is 6.44. The Bertz CT molecular complexity index is 491. The van der Waals surface area contributed by atoms with Gasteiger partial charge in [-0.05, 0) is 26.3 Å². The third kappa shape index (κ3) is 5.56. The first-order valence-electron chi connectivity index (χ1n) is 6.39. The standard InChI is InChI=1S/C13H20N2O4S/c1-10(2)19-13-9-11(5-6-12(13)15(16)17)14-7-4-8-20(3)18/h5-6,9-10,14H,4,7-8H2,1-3H3. The lowest BCUT2D eigenvalue weighted by molar-refractivity contribution is -0.386. The summed E-state index contributed by atoms with van der Waals surface area (Å²) in [7, 11) is -0.799. The number of hydrogen-bond donors (Lipinski definition) is 1. The van der Waals surface area contributed by atoms with Gasteiger partial charge in [-0.25, -0.2) is 0 Å². The molecule has 0 radical (unpaired) electrons. The van der Waals surface area contributed by atoms with Crippen molar-refractivity contribution in [3.63, 3.8) is 0 Å². The number of hydrogen-bond acceptors (Lipinski definition) is 5. The quantitative estimate of drug-likeness (QED) is 0.453. The van der Waals surface area contributed by atoms with Crippen LogP contribution in [-0.2, 0) is 10.8 Å². The summed E-state index contributed by atoms with van der Waals surface area (Å²) >= 11 is 0. The van der Waals surface area contributed by atoms with Crippen molar-refractivity contribution in [3.8, 4) is 5.75 Å². The van der Waals surface area contributed by atoms with Crippen LogP contribution in [0, 0.1) is 10.1 Å². The van der Waals surface area contributed by atoms with Gasteiger partial charge in [-0.2, -0.15) is 0 Å². The third-order valence-corrected chi connectivity index (χ3v) is 3.32. The fourth-order valence-corrected chi connectivity index (χ4v) is 2.18. The Labute approximate surface area is 121 Å². The zero-order chi connectivity index (χ0) is 15.1. The van der Waals surface area contributed by atoms with Crippen LogP contribution < -0.4 is 10.1 Å². The van der Waals surface area contributed by atoms with Crippen molar-refractivity contribution in [2.75, 3.05) is 23.9 Å². The highest BCUT2D eigenvalue weighted by Gasteiger charge is 2.16. The molecule has 0 aliphatic rings. The van der Waals surface area contributed by atoms with Gasteiger partial charge >= 0.3 is 5.69 Å². The van der Waals surface area contributed by atoms with E-state index in [1.54, 1.807) is 18.4 Å². The highest BCUT2D eigenvalue weighted by molar-refractivity contribution is 7.84. The Morgan fingerprint density at radius 1 is 1.45 bits per heavy atom. The van der Waals surface area contributed by atoms with Gasteiger partial charge in [0.2, 0.25) is 0 Å². The molecular weight excluding hydrogens is 280 g/mol. The molecule has 0 spiro atoms. The first-order chi connectivity index (χ1) is 9.40. The number of ether oxygens (including phenoxy) is 1. The van der Waals surface area contributed by atoms with E-state index in [0.29, 0.717) is 12.3 Å². The first-order valence-corrected chi connectivity index (χ1v) is 8.12. The van der Waals surface area contributed by atoms with E-state index < -0.39 is 15.7 Å². The van der Waals surface area contributed by atoms with Crippen LogP contribution in [-0.4, -0.2) is 33.8 Å². The highest BCUT2D eigenvalue weighted by Crippen LogP contribution is 2.30. The van der Waals surface area contributed by atoms with Gasteiger partial charge < -0.3 is 10.1 Å². The largest absolute Gasteiger partial charge is 0.484 e. The average molecular weight is 300 g/mol. The van der Waals surface area contributed by atoms with Crippen LogP contribution in [0.15, 0.2) is 18.2 Å². The van der Waals surface area contributed by atoms with Gasteiger partial charge in [0.05, 0.1) is 11.0 Å². The van der Waals surface area contributed by atoms with Crippen LogP contribution in [0.3, 0.4) is 0 Å². The normalized spacial score (nSPS) is 12.2. The Hall–Kier alpha value is -1.63. The molecule has 6 nitrogen and oxygen atoms in total. The Morgan fingerprint density at radius 2 is 2.15 bits per heavy atom. The summed E-state index contributed by atoms with van der Waals surface area (Å²) in [5, 5.41) is 14.1. The molecule has 0 saturated carbocycles. The van der Waals surface area contributed by atoms with Gasteiger partial charge in [0.25, 0.3) is 0 Å². The molecule has 0 fully saturated rings. The molecule has 1 aromatic rings. The molecule has 0 saturated heterocycles. The number of nitrogens with one attached hydrogen (secondary N) is 1. The topological polar surface area (TPSA) is 81.5 Å². The van der Waals surface area contributed by atoms with Gasteiger partial charge in [-0.1, -0.05) is 0 Å². The van der Waals surface area contributed by atoms with Crippen molar-refractivity contribution in [2.45, 2.75) is 26.4 Å². The number of anilines is 1. The average Bonchev–Trinajstić information content (AvgIpc) is 2.33. The molecule has 20 heavy (non-hydrogen) atoms. The molecule has 0 aliphatic heterocycles. The third-order valence-electron chi connectivity index (χ3n) is 2.46. The van der Waals surface area contributed by atoms with E-state index in [-0.39, 0.29) is 17.5 Å². The molecule has 0 heterocycles. The maximum Gasteiger partial charge on any atom is 0.311 e. The molecule has 1 aromatic carbocycles. The van der Waals surface area contributed by atoms with E-state index >= 15 is 0 Å². The molecule has 1 atom stereocenters. The fraction of sp³-hybridized carbons (Fsp3) is 0.538. The molecule has 0 bridgehead atoms. The minimum absolute atomic E-state index is 0.0427. The zero-order valence-corrected chi connectivity index (χ0v) is 12.7. The number of nitrogens with zero attached hydrogens (tertiary/aromatic N) is 1. The second kappa shape index (κ2) is 7.84. The molecular formula is C13H20N2O4S. The van der Waals surface area contributed by atoms with E-state index in [1.807, 2.05) is 13.8 Å². The van der Waals surface area contributed by atoms with Gasteiger partial charge in [0.15, 0.2) is 5.75 Å². The summed E-state index contributed by atoms with van der Waals surface area (Å²) in [4.78, 5) is 10.5. The van der Waals surface area contributed by atoms with Gasteiger partial charge in [-0.3, -0.25) is 14.3 Å². The predicted octanol–water partition coefficient (Wildman–Crippen LogP) is 2.56. The monoisotopic (exact) mass is 300 g/mol. The van der Waals surface area contributed by atoms with Crippen molar-refractivity contribution >= 4 is 22.2 Å². The number of nitro groups is 1. The minimum atomic E-state index is -0.799. The van der Waals surface area contributed by atoms with Crippen molar-refractivity contribution < 1.29 is 13.9 Å². The molecule has 1 unspecified atom stereocenters. The van der Waals surface area contributed by atoms with Crippen LogP contribution in [0.2, 0.25) is 0 Å². The van der Waals surface area contributed by atoms with Gasteiger partial charge in [0.1, 0.15) is 0 Å². The number of benzene rings is 1. The van der Waals surface area contributed by atoms with Crippen LogP contribution in [0.1, 0.15) is 20.3 Å². The van der Waals surface area contributed by atoms with Gasteiger partial charge in [0, 0.05) is 47.2 Å². The number of nitro benzene ring substituents is 1. The van der Waals surface area contributed by atoms with Crippen LogP contribution in [0.25, 0.3) is 0 Å². The van der Waals surface area contributed by atoms with E-state index in [4.69, 9.17) is 4.74 Å². The lowest BCUT2D eigenvalue weighted by Crippen LogP contribution is -2.09. The highest BCUT2D eigenvalue weighted by atomic mass is 32.2. The fourth-order valence-electron chi connectivity index (χ4n) is 1.63. The van der Waals surface area contributed by atoms with Crippen molar-refractivity contribution in [1.29, 1.82) is 0 Å². The second-order valence-electron chi connectivity index (χ2n) is 4.66. The second-order valence-corrected chi connectivity index (χ2v) is 6.22. The molecule has 1 N–H and O–H groups in total. The summed E-state index contributed by atoms with van der Waals surface area (Å²) in [5.41, 5.74) is 0.715. The van der Waals surface area contributed by atoms with Gasteiger partial charge in [-0.15, -0.1) is 0 Å². The summed E-state index contributed by atoms with van der Waals surface area (Å²) < 4.78 is 16.4. The van der Waals surface area contributed by atoms with Crippen LogP contribution in [0.4, 0.5) is 11.4 Å². The molecule has 0 aromatic heterocycles.